The Labute approximate surface area is 187 Å². The van der Waals surface area contributed by atoms with Crippen LogP contribution in [0.4, 0.5) is 11.4 Å². The molecular weight excluding hydrogens is 412 g/mol. The highest BCUT2D eigenvalue weighted by Crippen LogP contribution is 2.36. The van der Waals surface area contributed by atoms with Crippen molar-refractivity contribution in [2.75, 3.05) is 31.0 Å². The van der Waals surface area contributed by atoms with Gasteiger partial charge in [0.2, 0.25) is 0 Å². The molecule has 0 radical (unpaired) electrons. The number of halogens is 1. The molecule has 0 fully saturated rings. The van der Waals surface area contributed by atoms with E-state index in [4.69, 9.17) is 21.1 Å². The summed E-state index contributed by atoms with van der Waals surface area (Å²) in [5.41, 5.74) is 4.94. The predicted octanol–water partition coefficient (Wildman–Crippen LogP) is 5.56. The van der Waals surface area contributed by atoms with Gasteiger partial charge in [-0.2, -0.15) is 0 Å². The zero-order valence-corrected chi connectivity index (χ0v) is 18.4. The zero-order chi connectivity index (χ0) is 21.8. The van der Waals surface area contributed by atoms with E-state index in [1.165, 1.54) is 31.0 Å². The number of anilines is 2. The molecule has 0 unspecified atom stereocenters. The molecule has 3 aromatic rings. The summed E-state index contributed by atoms with van der Waals surface area (Å²) in [4.78, 5) is 15.2. The number of amides is 1. The summed E-state index contributed by atoms with van der Waals surface area (Å²) >= 11 is 6.14. The summed E-state index contributed by atoms with van der Waals surface area (Å²) in [6.07, 6.45) is 2.29. The van der Waals surface area contributed by atoms with Crippen LogP contribution in [-0.2, 0) is 13.0 Å². The lowest BCUT2D eigenvalue weighted by molar-refractivity contribution is 0.102. The molecule has 160 valence electrons. The van der Waals surface area contributed by atoms with Crippen LogP contribution in [0.25, 0.3) is 0 Å². The van der Waals surface area contributed by atoms with Crippen LogP contribution in [0.15, 0.2) is 60.7 Å². The molecule has 0 bridgehead atoms. The van der Waals surface area contributed by atoms with Crippen LogP contribution in [0.2, 0.25) is 5.02 Å². The van der Waals surface area contributed by atoms with E-state index in [1.54, 1.807) is 12.1 Å². The lowest BCUT2D eigenvalue weighted by Crippen LogP contribution is -2.28. The lowest BCUT2D eigenvalue weighted by Gasteiger charge is -2.31. The van der Waals surface area contributed by atoms with E-state index in [0.717, 1.165) is 25.9 Å². The molecular formula is C25H25ClN2O3. The summed E-state index contributed by atoms with van der Waals surface area (Å²) in [5, 5.41) is 3.30. The number of hydrogen-bond donors (Lipinski definition) is 1. The molecule has 6 heteroatoms. The third kappa shape index (κ3) is 4.62. The summed E-state index contributed by atoms with van der Waals surface area (Å²) in [6.45, 7) is 1.86. The van der Waals surface area contributed by atoms with Crippen LogP contribution < -0.4 is 19.7 Å². The van der Waals surface area contributed by atoms with Crippen LogP contribution >= 0.6 is 11.6 Å². The topological polar surface area (TPSA) is 50.8 Å². The maximum atomic E-state index is 12.8. The first-order valence-electron chi connectivity index (χ1n) is 10.2. The first kappa shape index (κ1) is 21.1. The number of benzene rings is 3. The number of fused-ring (bicyclic) bond motifs is 1. The van der Waals surface area contributed by atoms with E-state index >= 15 is 0 Å². The Hall–Kier alpha value is -3.18. The molecule has 31 heavy (non-hydrogen) atoms. The second-order valence-corrected chi connectivity index (χ2v) is 7.90. The average Bonchev–Trinajstić information content (AvgIpc) is 2.80. The van der Waals surface area contributed by atoms with Crippen molar-refractivity contribution in [2.45, 2.75) is 19.4 Å². The van der Waals surface area contributed by atoms with Gasteiger partial charge in [-0.05, 0) is 42.2 Å². The second-order valence-electron chi connectivity index (χ2n) is 7.49. The molecule has 1 N–H and O–H groups in total. The Morgan fingerprint density at radius 3 is 2.52 bits per heavy atom. The summed E-state index contributed by atoms with van der Waals surface area (Å²) in [5.74, 6) is 0.715. The zero-order valence-electron chi connectivity index (χ0n) is 17.7. The molecule has 0 spiro atoms. The van der Waals surface area contributed by atoms with Crippen LogP contribution in [-0.4, -0.2) is 26.7 Å². The van der Waals surface area contributed by atoms with Crippen LogP contribution in [0.5, 0.6) is 11.5 Å². The fourth-order valence-corrected chi connectivity index (χ4v) is 4.14. The fourth-order valence-electron chi connectivity index (χ4n) is 3.91. The molecule has 0 saturated carbocycles. The first-order chi connectivity index (χ1) is 15.1. The molecule has 0 aliphatic carbocycles. The quantitative estimate of drug-likeness (QED) is 0.549. The number of methoxy groups -OCH3 is 2. The maximum absolute atomic E-state index is 12.8. The fraction of sp³-hybridized carbons (Fsp3) is 0.240. The summed E-state index contributed by atoms with van der Waals surface area (Å²) in [7, 11) is 3.06. The Kier molecular flexibility index (Phi) is 6.33. The Bertz CT molecular complexity index is 1080. The largest absolute Gasteiger partial charge is 0.495 e. The van der Waals surface area contributed by atoms with Crippen molar-refractivity contribution in [3.8, 4) is 11.5 Å². The first-order valence-corrected chi connectivity index (χ1v) is 10.6. The molecule has 1 amide bonds. The monoisotopic (exact) mass is 436 g/mol. The van der Waals surface area contributed by atoms with E-state index in [9.17, 15) is 4.79 Å². The highest BCUT2D eigenvalue weighted by molar-refractivity contribution is 6.32. The molecule has 5 nitrogen and oxygen atoms in total. The van der Waals surface area contributed by atoms with Crippen molar-refractivity contribution >= 4 is 28.9 Å². The van der Waals surface area contributed by atoms with Crippen LogP contribution in [0.1, 0.15) is 27.9 Å². The van der Waals surface area contributed by atoms with Gasteiger partial charge < -0.3 is 19.7 Å². The van der Waals surface area contributed by atoms with Crippen molar-refractivity contribution in [3.63, 3.8) is 0 Å². The molecule has 1 heterocycles. The number of aryl methyl sites for hydroxylation is 1. The van der Waals surface area contributed by atoms with Crippen molar-refractivity contribution in [2.24, 2.45) is 0 Å². The Balaban J connectivity index is 1.47. The van der Waals surface area contributed by atoms with Gasteiger partial charge in [0.05, 0.1) is 24.9 Å². The van der Waals surface area contributed by atoms with Gasteiger partial charge in [0.1, 0.15) is 11.5 Å². The van der Waals surface area contributed by atoms with E-state index in [1.807, 2.05) is 24.3 Å². The van der Waals surface area contributed by atoms with Crippen molar-refractivity contribution in [1.29, 1.82) is 0 Å². The third-order valence-corrected chi connectivity index (χ3v) is 5.81. The van der Waals surface area contributed by atoms with Gasteiger partial charge in [0, 0.05) is 36.5 Å². The number of carbonyl (C=O) groups is 1. The van der Waals surface area contributed by atoms with Crippen molar-refractivity contribution in [1.82, 2.24) is 0 Å². The molecule has 4 rings (SSSR count). The van der Waals surface area contributed by atoms with Crippen molar-refractivity contribution in [3.05, 3.63) is 82.4 Å². The highest BCUT2D eigenvalue weighted by atomic mass is 35.5. The van der Waals surface area contributed by atoms with Crippen LogP contribution in [0, 0.1) is 0 Å². The third-order valence-electron chi connectivity index (χ3n) is 5.52. The van der Waals surface area contributed by atoms with Gasteiger partial charge in [-0.1, -0.05) is 41.9 Å². The summed E-state index contributed by atoms with van der Waals surface area (Å²) < 4.78 is 10.6. The highest BCUT2D eigenvalue weighted by Gasteiger charge is 2.17. The number of rotatable bonds is 6. The normalized spacial score (nSPS) is 12.8. The van der Waals surface area contributed by atoms with E-state index in [-0.39, 0.29) is 5.91 Å². The van der Waals surface area contributed by atoms with Gasteiger partial charge in [-0.25, -0.2) is 0 Å². The molecule has 1 aliphatic heterocycles. The number of nitrogens with one attached hydrogen (secondary N) is 1. The molecule has 0 aromatic heterocycles. The lowest BCUT2D eigenvalue weighted by atomic mass is 10.0. The van der Waals surface area contributed by atoms with Gasteiger partial charge in [-0.3, -0.25) is 4.79 Å². The molecule has 1 aliphatic rings. The van der Waals surface area contributed by atoms with Crippen molar-refractivity contribution < 1.29 is 14.3 Å². The van der Waals surface area contributed by atoms with E-state index < -0.39 is 0 Å². The minimum atomic E-state index is -0.224. The molecule has 0 saturated heterocycles. The van der Waals surface area contributed by atoms with E-state index in [2.05, 4.69) is 34.5 Å². The number of carbonyl (C=O) groups excluding carboxylic acids is 1. The maximum Gasteiger partial charge on any atom is 0.255 e. The average molecular weight is 437 g/mol. The summed E-state index contributed by atoms with van der Waals surface area (Å²) in [6, 6.07) is 19.6. The SMILES string of the molecule is COc1cc(NC(=O)c2ccc(CN3CCCc4ccccc43)cc2)c(OC)cc1Cl. The standard InChI is InChI=1S/C25H25ClN2O3/c1-30-23-15-21(24(31-2)14-20(23)26)27-25(29)19-11-9-17(10-12-19)16-28-13-5-7-18-6-3-4-8-22(18)28/h3-4,6,8-12,14-15H,5,7,13,16H2,1-2H3,(H,27,29). The molecule has 0 atom stereocenters. The van der Waals surface area contributed by atoms with Crippen LogP contribution in [0.3, 0.4) is 0 Å². The smallest absolute Gasteiger partial charge is 0.255 e. The minimum Gasteiger partial charge on any atom is -0.495 e. The number of ether oxygens (including phenoxy) is 2. The second kappa shape index (κ2) is 9.31. The van der Waals surface area contributed by atoms with Gasteiger partial charge >= 0.3 is 0 Å². The Morgan fingerprint density at radius 2 is 1.77 bits per heavy atom. The van der Waals surface area contributed by atoms with Gasteiger partial charge in [-0.15, -0.1) is 0 Å². The minimum absolute atomic E-state index is 0.224. The number of para-hydroxylation sites is 1. The molecule has 3 aromatic carbocycles. The number of hydrogen-bond acceptors (Lipinski definition) is 4. The van der Waals surface area contributed by atoms with Gasteiger partial charge in [0.15, 0.2) is 0 Å². The van der Waals surface area contributed by atoms with E-state index in [0.29, 0.717) is 27.8 Å². The predicted molar refractivity (Wildman–Crippen MR) is 125 cm³/mol. The number of nitrogens with zero attached hydrogens (tertiary/aromatic N) is 1. The van der Waals surface area contributed by atoms with Gasteiger partial charge in [0.25, 0.3) is 5.91 Å². The Morgan fingerprint density at radius 1 is 1.03 bits per heavy atom.